The summed E-state index contributed by atoms with van der Waals surface area (Å²) in [5.41, 5.74) is 1.88. The van der Waals surface area contributed by atoms with E-state index in [1.807, 2.05) is 25.1 Å². The van der Waals surface area contributed by atoms with Crippen molar-refractivity contribution < 1.29 is 14.3 Å². The van der Waals surface area contributed by atoms with Gasteiger partial charge in [-0.25, -0.2) is 0 Å². The largest absolute Gasteiger partial charge is 0.494 e. The maximum absolute atomic E-state index is 11.7. The minimum Gasteiger partial charge on any atom is -0.494 e. The van der Waals surface area contributed by atoms with Gasteiger partial charge in [0.25, 0.3) is 0 Å². The van der Waals surface area contributed by atoms with Crippen molar-refractivity contribution in [3.63, 3.8) is 0 Å². The van der Waals surface area contributed by atoms with E-state index in [9.17, 15) is 4.79 Å². The number of carbonyl (C=O) groups excluding carboxylic acids is 1. The molecule has 0 radical (unpaired) electrons. The summed E-state index contributed by atoms with van der Waals surface area (Å²) >= 11 is 3.47. The third kappa shape index (κ3) is 4.00. The smallest absolute Gasteiger partial charge is 0.310 e. The summed E-state index contributed by atoms with van der Waals surface area (Å²) < 4.78 is 11.6. The maximum Gasteiger partial charge on any atom is 0.310 e. The van der Waals surface area contributed by atoms with Crippen LogP contribution in [0.3, 0.4) is 0 Å². The fraction of sp³-hybridized carbons (Fsp3) is 0.438. The van der Waals surface area contributed by atoms with E-state index in [0.29, 0.717) is 13.2 Å². The van der Waals surface area contributed by atoms with Crippen LogP contribution in [0, 0.1) is 0 Å². The molecule has 1 heterocycles. The quantitative estimate of drug-likeness (QED) is 0.598. The van der Waals surface area contributed by atoms with Crippen molar-refractivity contribution in [1.82, 2.24) is 4.98 Å². The third-order valence-corrected chi connectivity index (χ3v) is 3.90. The van der Waals surface area contributed by atoms with Crippen molar-refractivity contribution in [2.75, 3.05) is 13.2 Å². The summed E-state index contributed by atoms with van der Waals surface area (Å²) in [6.07, 6.45) is 2.38. The van der Waals surface area contributed by atoms with Gasteiger partial charge in [0, 0.05) is 16.5 Å². The second-order valence-corrected chi connectivity index (χ2v) is 5.60. The van der Waals surface area contributed by atoms with Gasteiger partial charge in [0.05, 0.1) is 24.2 Å². The van der Waals surface area contributed by atoms with Crippen LogP contribution in [0.15, 0.2) is 22.8 Å². The molecule has 0 aliphatic heterocycles. The number of carbonyl (C=O) groups is 1. The van der Waals surface area contributed by atoms with Crippen LogP contribution in [0.4, 0.5) is 0 Å². The van der Waals surface area contributed by atoms with Gasteiger partial charge in [-0.3, -0.25) is 4.79 Å². The van der Waals surface area contributed by atoms with E-state index >= 15 is 0 Å². The van der Waals surface area contributed by atoms with Gasteiger partial charge in [0.15, 0.2) is 0 Å². The Morgan fingerprint density at radius 1 is 1.33 bits per heavy atom. The summed E-state index contributed by atoms with van der Waals surface area (Å²) in [6, 6.07) is 5.88. The van der Waals surface area contributed by atoms with Crippen molar-refractivity contribution in [2.45, 2.75) is 33.1 Å². The summed E-state index contributed by atoms with van der Waals surface area (Å²) in [5, 5.41) is 0.990. The van der Waals surface area contributed by atoms with Gasteiger partial charge in [-0.2, -0.15) is 0 Å². The molecule has 1 aromatic heterocycles. The van der Waals surface area contributed by atoms with Gasteiger partial charge in [-0.1, -0.05) is 13.3 Å². The van der Waals surface area contributed by atoms with E-state index in [2.05, 4.69) is 27.8 Å². The zero-order chi connectivity index (χ0) is 15.2. The number of H-pyrrole nitrogens is 1. The molecule has 21 heavy (non-hydrogen) atoms. The molecular formula is C16H20BrNO3. The van der Waals surface area contributed by atoms with Crippen LogP contribution in [0.5, 0.6) is 5.75 Å². The van der Waals surface area contributed by atoms with E-state index in [-0.39, 0.29) is 12.4 Å². The van der Waals surface area contributed by atoms with Crippen LogP contribution in [-0.4, -0.2) is 24.2 Å². The fourth-order valence-corrected chi connectivity index (χ4v) is 2.71. The molecule has 1 N–H and O–H groups in total. The molecule has 2 aromatic rings. The molecular weight excluding hydrogens is 334 g/mol. The number of unbranched alkanes of at least 4 members (excludes halogenated alkanes) is 1. The Balaban J connectivity index is 2.24. The second kappa shape index (κ2) is 7.50. The minimum absolute atomic E-state index is 0.226. The Morgan fingerprint density at radius 2 is 2.14 bits per heavy atom. The van der Waals surface area contributed by atoms with Crippen LogP contribution >= 0.6 is 15.9 Å². The zero-order valence-corrected chi connectivity index (χ0v) is 14.0. The molecule has 0 atom stereocenters. The van der Waals surface area contributed by atoms with Crippen molar-refractivity contribution >= 4 is 32.8 Å². The summed E-state index contributed by atoms with van der Waals surface area (Å²) in [5.74, 6) is 0.601. The molecule has 0 aliphatic rings. The van der Waals surface area contributed by atoms with E-state index in [4.69, 9.17) is 9.47 Å². The number of hydrogen-bond acceptors (Lipinski definition) is 3. The van der Waals surface area contributed by atoms with Gasteiger partial charge in [-0.15, -0.1) is 0 Å². The predicted molar refractivity (Wildman–Crippen MR) is 86.7 cm³/mol. The van der Waals surface area contributed by atoms with Gasteiger partial charge < -0.3 is 14.5 Å². The Kier molecular flexibility index (Phi) is 5.67. The highest BCUT2D eigenvalue weighted by Crippen LogP contribution is 2.30. The Bertz CT molecular complexity index is 621. The van der Waals surface area contributed by atoms with Crippen LogP contribution in [0.1, 0.15) is 32.3 Å². The number of hydrogen-bond donors (Lipinski definition) is 1. The number of aromatic nitrogens is 1. The summed E-state index contributed by atoms with van der Waals surface area (Å²) in [6.45, 7) is 5.04. The number of fused-ring (bicyclic) bond motifs is 1. The molecule has 0 spiro atoms. The Hall–Kier alpha value is -1.49. The third-order valence-electron chi connectivity index (χ3n) is 3.22. The van der Waals surface area contributed by atoms with E-state index in [0.717, 1.165) is 39.7 Å². The SMILES string of the molecule is CCCCOc1ccc2[nH]c(Br)c(CC(=O)OCC)c2c1. The molecule has 4 nitrogen and oxygen atoms in total. The lowest BCUT2D eigenvalue weighted by Gasteiger charge is -2.06. The average Bonchev–Trinajstić information content (AvgIpc) is 2.76. The first-order valence-electron chi connectivity index (χ1n) is 7.24. The van der Waals surface area contributed by atoms with Crippen molar-refractivity contribution in [1.29, 1.82) is 0 Å². The fourth-order valence-electron chi connectivity index (χ4n) is 2.15. The van der Waals surface area contributed by atoms with Crippen molar-refractivity contribution in [3.05, 3.63) is 28.4 Å². The number of nitrogens with one attached hydrogen (secondary N) is 1. The molecule has 0 unspecified atom stereocenters. The molecule has 0 saturated carbocycles. The first kappa shape index (κ1) is 15.9. The number of esters is 1. The second-order valence-electron chi connectivity index (χ2n) is 4.81. The first-order chi connectivity index (χ1) is 10.2. The highest BCUT2D eigenvalue weighted by Gasteiger charge is 2.14. The van der Waals surface area contributed by atoms with Gasteiger partial charge in [0.2, 0.25) is 0 Å². The average molecular weight is 354 g/mol. The summed E-state index contributed by atoms with van der Waals surface area (Å²) in [4.78, 5) is 14.9. The highest BCUT2D eigenvalue weighted by molar-refractivity contribution is 9.10. The van der Waals surface area contributed by atoms with E-state index < -0.39 is 0 Å². The first-order valence-corrected chi connectivity index (χ1v) is 8.03. The lowest BCUT2D eigenvalue weighted by atomic mass is 10.1. The van der Waals surface area contributed by atoms with Crippen LogP contribution in [-0.2, 0) is 16.0 Å². The molecule has 2 rings (SSSR count). The Morgan fingerprint density at radius 3 is 2.86 bits per heavy atom. The maximum atomic E-state index is 11.7. The lowest BCUT2D eigenvalue weighted by molar-refractivity contribution is -0.142. The lowest BCUT2D eigenvalue weighted by Crippen LogP contribution is -2.07. The molecule has 0 bridgehead atoms. The van der Waals surface area contributed by atoms with Crippen LogP contribution < -0.4 is 4.74 Å². The number of rotatable bonds is 7. The monoisotopic (exact) mass is 353 g/mol. The minimum atomic E-state index is -0.226. The summed E-state index contributed by atoms with van der Waals surface area (Å²) in [7, 11) is 0. The molecule has 0 fully saturated rings. The number of benzene rings is 1. The normalized spacial score (nSPS) is 10.8. The molecule has 5 heteroatoms. The van der Waals surface area contributed by atoms with E-state index in [1.54, 1.807) is 0 Å². The number of aromatic amines is 1. The standard InChI is InChI=1S/C16H20BrNO3/c1-3-5-8-21-11-6-7-14-12(9-11)13(16(17)18-14)10-15(19)20-4-2/h6-7,9,18H,3-5,8,10H2,1-2H3. The number of halogens is 1. The molecule has 114 valence electrons. The van der Waals surface area contributed by atoms with Crippen molar-refractivity contribution in [2.24, 2.45) is 0 Å². The van der Waals surface area contributed by atoms with Crippen molar-refractivity contribution in [3.8, 4) is 5.75 Å². The topological polar surface area (TPSA) is 51.3 Å². The van der Waals surface area contributed by atoms with Gasteiger partial charge >= 0.3 is 5.97 Å². The van der Waals surface area contributed by atoms with E-state index in [1.165, 1.54) is 0 Å². The highest BCUT2D eigenvalue weighted by atomic mass is 79.9. The van der Waals surface area contributed by atoms with Crippen LogP contribution in [0.25, 0.3) is 10.9 Å². The van der Waals surface area contributed by atoms with Gasteiger partial charge in [-0.05, 0) is 47.5 Å². The predicted octanol–water partition coefficient (Wildman–Crippen LogP) is 4.21. The molecule has 0 aliphatic carbocycles. The molecule has 1 aromatic carbocycles. The van der Waals surface area contributed by atoms with Crippen LogP contribution in [0.2, 0.25) is 0 Å². The molecule has 0 saturated heterocycles. The molecule has 0 amide bonds. The number of ether oxygens (including phenoxy) is 2. The Labute approximate surface area is 132 Å². The van der Waals surface area contributed by atoms with Gasteiger partial charge in [0.1, 0.15) is 5.75 Å². The zero-order valence-electron chi connectivity index (χ0n) is 12.4.